The van der Waals surface area contributed by atoms with Crippen molar-refractivity contribution in [1.82, 2.24) is 9.36 Å². The number of hydrogen-bond acceptors (Lipinski definition) is 6. The maximum atomic E-state index is 9.25. The molecule has 2 rings (SSSR count). The van der Waals surface area contributed by atoms with Crippen LogP contribution in [0.1, 0.15) is 25.7 Å². The van der Waals surface area contributed by atoms with Gasteiger partial charge >= 0.3 is 0 Å². The lowest BCUT2D eigenvalue weighted by molar-refractivity contribution is 0.178. The van der Waals surface area contributed by atoms with E-state index in [9.17, 15) is 5.11 Å². The number of aliphatic hydroxyl groups is 1. The van der Waals surface area contributed by atoms with Gasteiger partial charge in [-0.25, -0.2) is 0 Å². The van der Waals surface area contributed by atoms with Gasteiger partial charge in [-0.15, -0.1) is 0 Å². The van der Waals surface area contributed by atoms with Crippen molar-refractivity contribution in [1.29, 1.82) is 0 Å². The number of hydrogen-bond donors (Lipinski definition) is 3. The Labute approximate surface area is 92.9 Å². The van der Waals surface area contributed by atoms with Crippen molar-refractivity contribution in [2.45, 2.75) is 31.7 Å². The van der Waals surface area contributed by atoms with Gasteiger partial charge < -0.3 is 16.2 Å². The van der Waals surface area contributed by atoms with Crippen LogP contribution < -0.4 is 11.1 Å². The smallest absolute Gasteiger partial charge is 0.233 e. The topological polar surface area (TPSA) is 84.1 Å². The number of aromatic nitrogens is 2. The molecule has 1 fully saturated rings. The Morgan fingerprint density at radius 3 is 2.93 bits per heavy atom. The van der Waals surface area contributed by atoms with Gasteiger partial charge in [-0.2, -0.15) is 9.36 Å². The lowest BCUT2D eigenvalue weighted by Crippen LogP contribution is -2.34. The third-order valence-electron chi connectivity index (χ3n) is 2.89. The zero-order chi connectivity index (χ0) is 10.7. The molecule has 2 atom stereocenters. The van der Waals surface area contributed by atoms with Crippen LogP contribution in [0.4, 0.5) is 11.1 Å². The van der Waals surface area contributed by atoms with E-state index in [0.29, 0.717) is 17.9 Å². The van der Waals surface area contributed by atoms with E-state index in [1.807, 2.05) is 0 Å². The molecule has 84 valence electrons. The van der Waals surface area contributed by atoms with Crippen LogP contribution in [-0.4, -0.2) is 27.1 Å². The number of aliphatic hydroxyl groups excluding tert-OH is 1. The van der Waals surface area contributed by atoms with Crippen molar-refractivity contribution in [3.8, 4) is 0 Å². The summed E-state index contributed by atoms with van der Waals surface area (Å²) in [6.45, 7) is 0.242. The van der Waals surface area contributed by atoms with Crippen molar-refractivity contribution < 1.29 is 5.11 Å². The summed E-state index contributed by atoms with van der Waals surface area (Å²) in [6, 6.07) is 0.316. The van der Waals surface area contributed by atoms with Crippen LogP contribution in [0.3, 0.4) is 0 Å². The SMILES string of the molecule is Nc1nsc(NC2CCCCC2CO)n1. The summed E-state index contributed by atoms with van der Waals surface area (Å²) in [5.41, 5.74) is 5.45. The van der Waals surface area contributed by atoms with Crippen molar-refractivity contribution in [3.63, 3.8) is 0 Å². The molecular formula is C9H16N4OS. The second-order valence-electron chi connectivity index (χ2n) is 3.94. The Balaban J connectivity index is 1.97. The molecule has 1 aromatic rings. The fraction of sp³-hybridized carbons (Fsp3) is 0.778. The molecule has 0 bridgehead atoms. The first-order valence-electron chi connectivity index (χ1n) is 5.26. The van der Waals surface area contributed by atoms with E-state index >= 15 is 0 Å². The van der Waals surface area contributed by atoms with Crippen LogP contribution in [0.5, 0.6) is 0 Å². The third-order valence-corrected chi connectivity index (χ3v) is 3.55. The van der Waals surface area contributed by atoms with Gasteiger partial charge in [-0.05, 0) is 12.8 Å². The average molecular weight is 228 g/mol. The highest BCUT2D eigenvalue weighted by molar-refractivity contribution is 7.09. The van der Waals surface area contributed by atoms with Crippen LogP contribution in [0.2, 0.25) is 0 Å². The summed E-state index contributed by atoms with van der Waals surface area (Å²) < 4.78 is 3.92. The van der Waals surface area contributed by atoms with Crippen molar-refractivity contribution >= 4 is 22.6 Å². The van der Waals surface area contributed by atoms with E-state index in [4.69, 9.17) is 5.73 Å². The van der Waals surface area contributed by atoms with Gasteiger partial charge in [0.25, 0.3) is 0 Å². The van der Waals surface area contributed by atoms with Crippen LogP contribution in [-0.2, 0) is 0 Å². The molecule has 5 nitrogen and oxygen atoms in total. The minimum Gasteiger partial charge on any atom is -0.396 e. The molecule has 0 radical (unpaired) electrons. The Kier molecular flexibility index (Phi) is 3.37. The fourth-order valence-corrected chi connectivity index (χ4v) is 2.63. The minimum absolute atomic E-state index is 0.242. The molecule has 0 spiro atoms. The zero-order valence-corrected chi connectivity index (χ0v) is 9.33. The lowest BCUT2D eigenvalue weighted by atomic mass is 9.85. The predicted molar refractivity (Wildman–Crippen MR) is 60.8 cm³/mol. The summed E-state index contributed by atoms with van der Waals surface area (Å²) in [5, 5.41) is 13.3. The molecule has 1 aromatic heterocycles. The van der Waals surface area contributed by atoms with Crippen molar-refractivity contribution in [2.24, 2.45) is 5.92 Å². The van der Waals surface area contributed by atoms with Crippen LogP contribution in [0.15, 0.2) is 0 Å². The average Bonchev–Trinajstić information content (AvgIpc) is 2.65. The first kappa shape index (κ1) is 10.6. The number of nitrogen functional groups attached to an aromatic ring is 1. The Morgan fingerprint density at radius 2 is 2.27 bits per heavy atom. The van der Waals surface area contributed by atoms with Gasteiger partial charge in [0.1, 0.15) is 0 Å². The largest absolute Gasteiger partial charge is 0.396 e. The van der Waals surface area contributed by atoms with Gasteiger partial charge in [-0.3, -0.25) is 0 Å². The quantitative estimate of drug-likeness (QED) is 0.721. The van der Waals surface area contributed by atoms with Gasteiger partial charge in [0.2, 0.25) is 11.1 Å². The minimum atomic E-state index is 0.242. The third kappa shape index (κ3) is 2.57. The molecule has 0 amide bonds. The number of nitrogens with zero attached hydrogens (tertiary/aromatic N) is 2. The van der Waals surface area contributed by atoms with E-state index in [2.05, 4.69) is 14.7 Å². The van der Waals surface area contributed by atoms with Crippen LogP contribution >= 0.6 is 11.5 Å². The first-order valence-corrected chi connectivity index (χ1v) is 6.03. The first-order chi connectivity index (χ1) is 7.29. The van der Waals surface area contributed by atoms with E-state index < -0.39 is 0 Å². The number of rotatable bonds is 3. The second kappa shape index (κ2) is 4.76. The standard InChI is InChI=1S/C9H16N4OS/c10-8-12-9(15-13-8)11-7-4-2-1-3-6(7)5-14/h6-7,14H,1-5H2,(H3,10,11,12,13). The van der Waals surface area contributed by atoms with E-state index in [1.165, 1.54) is 24.4 Å². The number of nitrogens with two attached hydrogens (primary N) is 1. The number of anilines is 2. The van der Waals surface area contributed by atoms with Crippen molar-refractivity contribution in [2.75, 3.05) is 17.7 Å². The fourth-order valence-electron chi connectivity index (χ4n) is 2.07. The normalized spacial score (nSPS) is 26.5. The molecule has 2 unspecified atom stereocenters. The Bertz CT molecular complexity index is 317. The second-order valence-corrected chi connectivity index (χ2v) is 4.69. The highest BCUT2D eigenvalue weighted by Crippen LogP contribution is 2.27. The molecule has 15 heavy (non-hydrogen) atoms. The maximum absolute atomic E-state index is 9.25. The summed E-state index contributed by atoms with van der Waals surface area (Å²) in [6.07, 6.45) is 4.59. The van der Waals surface area contributed by atoms with E-state index in [0.717, 1.165) is 18.0 Å². The van der Waals surface area contributed by atoms with Crippen LogP contribution in [0.25, 0.3) is 0 Å². The van der Waals surface area contributed by atoms with Gasteiger partial charge in [-0.1, -0.05) is 12.8 Å². The summed E-state index contributed by atoms with van der Waals surface area (Å²) in [7, 11) is 0. The Morgan fingerprint density at radius 1 is 1.47 bits per heavy atom. The zero-order valence-electron chi connectivity index (χ0n) is 8.52. The molecule has 1 aliphatic carbocycles. The van der Waals surface area contributed by atoms with Gasteiger partial charge in [0, 0.05) is 30.1 Å². The molecule has 0 aromatic carbocycles. The number of nitrogens with one attached hydrogen (secondary N) is 1. The molecule has 6 heteroatoms. The van der Waals surface area contributed by atoms with Gasteiger partial charge in [0.05, 0.1) is 0 Å². The molecule has 0 aliphatic heterocycles. The van der Waals surface area contributed by atoms with Crippen molar-refractivity contribution in [3.05, 3.63) is 0 Å². The molecule has 4 N–H and O–H groups in total. The van der Waals surface area contributed by atoms with Gasteiger partial charge in [0.15, 0.2) is 0 Å². The summed E-state index contributed by atoms with van der Waals surface area (Å²) >= 11 is 1.28. The summed E-state index contributed by atoms with van der Waals surface area (Å²) in [5.74, 6) is 0.655. The van der Waals surface area contributed by atoms with Crippen LogP contribution in [0, 0.1) is 5.92 Å². The monoisotopic (exact) mass is 228 g/mol. The molecular weight excluding hydrogens is 212 g/mol. The maximum Gasteiger partial charge on any atom is 0.233 e. The highest BCUT2D eigenvalue weighted by atomic mass is 32.1. The molecule has 1 heterocycles. The van der Waals surface area contributed by atoms with E-state index in [1.54, 1.807) is 0 Å². The predicted octanol–water partition coefficient (Wildman–Crippen LogP) is 1.08. The molecule has 1 aliphatic rings. The highest BCUT2D eigenvalue weighted by Gasteiger charge is 2.24. The Hall–Kier alpha value is -0.880. The molecule has 0 saturated heterocycles. The lowest BCUT2D eigenvalue weighted by Gasteiger charge is -2.30. The molecule has 1 saturated carbocycles. The van der Waals surface area contributed by atoms with E-state index in [-0.39, 0.29) is 6.61 Å². The summed E-state index contributed by atoms with van der Waals surface area (Å²) in [4.78, 5) is 4.07.